The van der Waals surface area contributed by atoms with E-state index in [-0.39, 0.29) is 0 Å². The van der Waals surface area contributed by atoms with Crippen molar-refractivity contribution in [3.8, 4) is 0 Å². The molecule has 0 amide bonds. The first kappa shape index (κ1) is 25.7. The van der Waals surface area contributed by atoms with Crippen LogP contribution in [0, 0.1) is 0 Å². The van der Waals surface area contributed by atoms with Crippen LogP contribution in [0.25, 0.3) is 11.0 Å². The standard InChI is InChI=1S/C21H27N5.C5H6N2O2S/c22-12-3-4-14-26(15-20-24-17-9-1-2-10-18(17)25-20)19-11-5-7-16-8-6-13-23-21(16)19;8-10(9)7-5-3-1-2-4-6-5/h1-2,6,8-10,13,19H,3-5,7,11-12,14-15,22H2,(H,24,25);1-4,10H,(H,6,7,8,9). The molecule has 0 fully saturated rings. The van der Waals surface area contributed by atoms with Gasteiger partial charge >= 0.3 is 0 Å². The molecule has 5 rings (SSSR count). The van der Waals surface area contributed by atoms with Gasteiger partial charge in [-0.2, -0.15) is 0 Å². The minimum atomic E-state index is -2.59. The van der Waals surface area contributed by atoms with Crippen LogP contribution in [0.1, 0.15) is 48.8 Å². The summed E-state index contributed by atoms with van der Waals surface area (Å²) in [6, 6.07) is 17.9. The molecule has 0 bridgehead atoms. The number of para-hydroxylation sites is 2. The van der Waals surface area contributed by atoms with Crippen LogP contribution in [-0.2, 0) is 23.9 Å². The third-order valence-corrected chi connectivity index (χ3v) is 6.58. The average Bonchev–Trinajstić information content (AvgIpc) is 3.31. The van der Waals surface area contributed by atoms with E-state index in [9.17, 15) is 8.42 Å². The fraction of sp³-hybridized carbons (Fsp3) is 0.346. The van der Waals surface area contributed by atoms with E-state index in [1.165, 1.54) is 23.9 Å². The van der Waals surface area contributed by atoms with E-state index in [2.05, 4.69) is 43.9 Å². The summed E-state index contributed by atoms with van der Waals surface area (Å²) in [6.45, 7) is 2.59. The summed E-state index contributed by atoms with van der Waals surface area (Å²) < 4.78 is 22.3. The number of aryl methyl sites for hydroxylation is 1. The molecule has 1 aromatic carbocycles. The van der Waals surface area contributed by atoms with Crippen molar-refractivity contribution >= 4 is 27.7 Å². The Bertz CT molecular complexity index is 1270. The number of benzene rings is 1. The molecule has 0 aliphatic heterocycles. The predicted molar refractivity (Wildman–Crippen MR) is 143 cm³/mol. The van der Waals surface area contributed by atoms with E-state index in [4.69, 9.17) is 15.7 Å². The van der Waals surface area contributed by atoms with Crippen LogP contribution in [0.2, 0.25) is 0 Å². The highest BCUT2D eigenvalue weighted by atomic mass is 32.2. The van der Waals surface area contributed by atoms with Gasteiger partial charge in [0, 0.05) is 12.4 Å². The lowest BCUT2D eigenvalue weighted by Gasteiger charge is -2.34. The Labute approximate surface area is 213 Å². The van der Waals surface area contributed by atoms with Gasteiger partial charge in [-0.1, -0.05) is 24.3 Å². The highest BCUT2D eigenvalue weighted by Crippen LogP contribution is 2.33. The number of unbranched alkanes of at least 4 members (excludes halogenated alkanes) is 1. The summed E-state index contributed by atoms with van der Waals surface area (Å²) in [5.74, 6) is 1.38. The summed E-state index contributed by atoms with van der Waals surface area (Å²) in [4.78, 5) is 19.3. The normalized spacial score (nSPS) is 14.9. The zero-order valence-corrected chi connectivity index (χ0v) is 21.1. The number of nitrogens with two attached hydrogens (primary N) is 1. The van der Waals surface area contributed by atoms with Crippen LogP contribution in [0.3, 0.4) is 0 Å². The molecule has 1 atom stereocenters. The molecule has 0 radical (unpaired) electrons. The smallest absolute Gasteiger partial charge is 0.223 e. The summed E-state index contributed by atoms with van der Waals surface area (Å²) in [5.41, 5.74) is 10.5. The second kappa shape index (κ2) is 13.1. The highest BCUT2D eigenvalue weighted by molar-refractivity contribution is 7.73. The van der Waals surface area contributed by atoms with E-state index in [0.29, 0.717) is 11.9 Å². The van der Waals surface area contributed by atoms with Crippen molar-refractivity contribution in [3.63, 3.8) is 0 Å². The Morgan fingerprint density at radius 1 is 1.03 bits per heavy atom. The maximum absolute atomic E-state index is 10.1. The fourth-order valence-corrected chi connectivity index (χ4v) is 4.86. The zero-order valence-electron chi connectivity index (χ0n) is 20.2. The number of aromatic amines is 1. The lowest BCUT2D eigenvalue weighted by atomic mass is 9.90. The molecular formula is C26H33N7O2S. The maximum Gasteiger partial charge on any atom is 0.223 e. The second-order valence-corrected chi connectivity index (χ2v) is 9.44. The van der Waals surface area contributed by atoms with E-state index in [1.54, 1.807) is 18.2 Å². The minimum Gasteiger partial charge on any atom is -0.341 e. The third kappa shape index (κ3) is 7.09. The van der Waals surface area contributed by atoms with Gasteiger partial charge in [0.1, 0.15) is 11.6 Å². The van der Waals surface area contributed by atoms with Gasteiger partial charge in [-0.05, 0) is 81.1 Å². The largest absolute Gasteiger partial charge is 0.341 e. The number of fused-ring (bicyclic) bond motifs is 2. The molecule has 9 nitrogen and oxygen atoms in total. The summed E-state index contributed by atoms with van der Waals surface area (Å²) in [7, 11) is -2.59. The topological polar surface area (TPSA) is 130 Å². The summed E-state index contributed by atoms with van der Waals surface area (Å²) in [5, 5.41) is 0. The number of hydrogen-bond donors (Lipinski definition) is 4. The Balaban J connectivity index is 0.000000256. The number of H-pyrrole nitrogens is 1. The summed E-state index contributed by atoms with van der Waals surface area (Å²) >= 11 is 0. The fourth-order valence-electron chi connectivity index (χ4n) is 4.54. The highest BCUT2D eigenvalue weighted by Gasteiger charge is 2.27. The van der Waals surface area contributed by atoms with Crippen molar-refractivity contribution < 1.29 is 8.42 Å². The van der Waals surface area contributed by atoms with E-state index >= 15 is 0 Å². The zero-order chi connectivity index (χ0) is 25.2. The first-order valence-electron chi connectivity index (χ1n) is 12.3. The Hall–Kier alpha value is -3.34. The van der Waals surface area contributed by atoms with Crippen molar-refractivity contribution in [2.75, 3.05) is 17.8 Å². The van der Waals surface area contributed by atoms with Gasteiger partial charge in [0.25, 0.3) is 0 Å². The van der Waals surface area contributed by atoms with Crippen LogP contribution in [0.5, 0.6) is 0 Å². The van der Waals surface area contributed by atoms with Crippen LogP contribution in [0.15, 0.2) is 67.0 Å². The molecule has 0 spiro atoms. The van der Waals surface area contributed by atoms with Gasteiger partial charge in [-0.15, -0.1) is 0 Å². The monoisotopic (exact) mass is 507 g/mol. The molecule has 0 saturated heterocycles. The van der Waals surface area contributed by atoms with E-state index in [0.717, 1.165) is 62.2 Å². The number of hydrogen-bond acceptors (Lipinski definition) is 7. The van der Waals surface area contributed by atoms with Gasteiger partial charge in [-0.25, -0.2) is 18.4 Å². The number of anilines is 1. The number of rotatable bonds is 9. The van der Waals surface area contributed by atoms with Gasteiger partial charge in [0.15, 0.2) is 0 Å². The number of nitrogens with zero attached hydrogens (tertiary/aromatic N) is 4. The number of pyridine rings is 2. The van der Waals surface area contributed by atoms with Crippen molar-refractivity contribution in [3.05, 3.63) is 84.1 Å². The first-order chi connectivity index (χ1) is 17.6. The number of aromatic nitrogens is 4. The predicted octanol–water partition coefficient (Wildman–Crippen LogP) is 3.60. The molecule has 10 heteroatoms. The Kier molecular flexibility index (Phi) is 9.37. The second-order valence-electron chi connectivity index (χ2n) is 8.71. The number of nitrogens with one attached hydrogen (secondary N) is 2. The molecule has 36 heavy (non-hydrogen) atoms. The maximum atomic E-state index is 10.1. The van der Waals surface area contributed by atoms with Gasteiger partial charge in [0.2, 0.25) is 10.9 Å². The van der Waals surface area contributed by atoms with E-state index < -0.39 is 10.9 Å². The molecule has 1 aliphatic rings. The van der Waals surface area contributed by atoms with E-state index in [1.807, 2.05) is 18.3 Å². The molecule has 0 saturated carbocycles. The van der Waals surface area contributed by atoms with Crippen LogP contribution in [-0.4, -0.2) is 46.3 Å². The molecule has 4 aromatic rings. The Morgan fingerprint density at radius 2 is 1.86 bits per heavy atom. The van der Waals surface area contributed by atoms with Crippen molar-refractivity contribution in [2.24, 2.45) is 5.73 Å². The number of imidazole rings is 1. The van der Waals surface area contributed by atoms with Crippen molar-refractivity contribution in [1.82, 2.24) is 24.8 Å². The Morgan fingerprint density at radius 3 is 2.64 bits per heavy atom. The molecule has 4 N–H and O–H groups in total. The summed E-state index contributed by atoms with van der Waals surface area (Å²) in [6.07, 6.45) is 9.12. The minimum absolute atomic E-state index is 0.346. The molecule has 1 aliphatic carbocycles. The quantitative estimate of drug-likeness (QED) is 0.201. The third-order valence-electron chi connectivity index (χ3n) is 6.17. The van der Waals surface area contributed by atoms with Crippen LogP contribution < -0.4 is 10.5 Å². The van der Waals surface area contributed by atoms with Crippen molar-refractivity contribution in [2.45, 2.75) is 44.7 Å². The van der Waals surface area contributed by atoms with Crippen molar-refractivity contribution in [1.29, 1.82) is 0 Å². The molecular weight excluding hydrogens is 474 g/mol. The van der Waals surface area contributed by atoms with Gasteiger partial charge in [-0.3, -0.25) is 14.6 Å². The van der Waals surface area contributed by atoms with Gasteiger partial charge in [0.05, 0.1) is 29.3 Å². The lowest BCUT2D eigenvalue weighted by Crippen LogP contribution is -2.33. The number of thiol groups is 1. The van der Waals surface area contributed by atoms with Crippen LogP contribution >= 0.6 is 0 Å². The lowest BCUT2D eigenvalue weighted by molar-refractivity contribution is 0.159. The average molecular weight is 508 g/mol. The molecule has 3 aromatic heterocycles. The van der Waals surface area contributed by atoms with Gasteiger partial charge < -0.3 is 10.7 Å². The molecule has 1 unspecified atom stereocenters. The SMILES string of the molecule is NCCCCN(Cc1nc2ccccc2[nH]1)C1CCCc2cccnc21.O=[SH](=O)Nc1ccccn1. The first-order valence-corrected chi connectivity index (χ1v) is 13.5. The molecule has 3 heterocycles. The molecule has 190 valence electrons. The van der Waals surface area contributed by atoms with Crippen LogP contribution in [0.4, 0.5) is 5.82 Å².